The molecule has 0 unspecified atom stereocenters. The van der Waals surface area contributed by atoms with Crippen molar-refractivity contribution in [1.82, 2.24) is 10.2 Å². The first-order valence-corrected chi connectivity index (χ1v) is 7.78. The molecular weight excluding hydrogens is 232 g/mol. The predicted molar refractivity (Wildman–Crippen MR) is 82.2 cm³/mol. The van der Waals surface area contributed by atoms with Gasteiger partial charge < -0.3 is 10.2 Å². The second-order valence-corrected chi connectivity index (χ2v) is 5.87. The Kier molecular flexibility index (Phi) is 5.87. The molecule has 0 aliphatic heterocycles. The number of benzene rings is 1. The van der Waals surface area contributed by atoms with Crippen LogP contribution in [0.25, 0.3) is 0 Å². The molecule has 2 heteroatoms. The molecule has 0 radical (unpaired) electrons. The van der Waals surface area contributed by atoms with Crippen LogP contribution in [-0.2, 0) is 13.1 Å². The molecule has 1 fully saturated rings. The zero-order valence-corrected chi connectivity index (χ0v) is 12.5. The van der Waals surface area contributed by atoms with E-state index in [9.17, 15) is 0 Å². The van der Waals surface area contributed by atoms with E-state index in [0.717, 1.165) is 19.1 Å². The fourth-order valence-corrected chi connectivity index (χ4v) is 2.43. The maximum absolute atomic E-state index is 3.62. The van der Waals surface area contributed by atoms with E-state index in [0.29, 0.717) is 0 Å². The van der Waals surface area contributed by atoms with E-state index in [4.69, 9.17) is 0 Å². The summed E-state index contributed by atoms with van der Waals surface area (Å²) in [5.74, 6) is 0. The van der Waals surface area contributed by atoms with Gasteiger partial charge >= 0.3 is 0 Å². The third-order valence-electron chi connectivity index (χ3n) is 3.86. The Morgan fingerprint density at radius 1 is 1.16 bits per heavy atom. The minimum atomic E-state index is 0.787. The van der Waals surface area contributed by atoms with Crippen molar-refractivity contribution in [3.63, 3.8) is 0 Å². The first-order valence-electron chi connectivity index (χ1n) is 7.78. The Bertz CT molecular complexity index is 371. The van der Waals surface area contributed by atoms with Crippen molar-refractivity contribution in [2.75, 3.05) is 13.6 Å². The van der Waals surface area contributed by atoms with Crippen molar-refractivity contribution in [2.24, 2.45) is 0 Å². The van der Waals surface area contributed by atoms with Crippen LogP contribution in [0.1, 0.15) is 50.2 Å². The topological polar surface area (TPSA) is 15.3 Å². The Balaban J connectivity index is 1.83. The standard InChI is InChI=1S/C17H28N2/c1-3-4-7-12-19(2)14-16-9-6-5-8-15(16)13-18-17-10-11-17/h5-6,8-9,17-18H,3-4,7,10-14H2,1-2H3. The number of nitrogens with one attached hydrogen (secondary N) is 1. The molecule has 2 rings (SSSR count). The van der Waals surface area contributed by atoms with E-state index in [1.807, 2.05) is 0 Å². The Labute approximate surface area is 118 Å². The van der Waals surface area contributed by atoms with Crippen molar-refractivity contribution in [2.45, 2.75) is 58.2 Å². The third-order valence-corrected chi connectivity index (χ3v) is 3.86. The number of unbranched alkanes of at least 4 members (excludes halogenated alkanes) is 2. The smallest absolute Gasteiger partial charge is 0.0233 e. The first-order chi connectivity index (χ1) is 9.29. The average molecular weight is 260 g/mol. The zero-order valence-electron chi connectivity index (χ0n) is 12.5. The van der Waals surface area contributed by atoms with Gasteiger partial charge in [0.05, 0.1) is 0 Å². The lowest BCUT2D eigenvalue weighted by atomic mass is 10.1. The average Bonchev–Trinajstić information content (AvgIpc) is 3.22. The number of nitrogens with zero attached hydrogens (tertiary/aromatic N) is 1. The zero-order chi connectivity index (χ0) is 13.5. The highest BCUT2D eigenvalue weighted by Gasteiger charge is 2.20. The van der Waals surface area contributed by atoms with Gasteiger partial charge in [-0.2, -0.15) is 0 Å². The molecule has 0 atom stereocenters. The van der Waals surface area contributed by atoms with Crippen LogP contribution in [0.4, 0.5) is 0 Å². The molecule has 0 spiro atoms. The van der Waals surface area contributed by atoms with Crippen LogP contribution in [-0.4, -0.2) is 24.5 Å². The highest BCUT2D eigenvalue weighted by atomic mass is 15.1. The minimum Gasteiger partial charge on any atom is -0.310 e. The summed E-state index contributed by atoms with van der Waals surface area (Å²) in [6.45, 7) is 5.58. The van der Waals surface area contributed by atoms with Gasteiger partial charge in [-0.15, -0.1) is 0 Å². The van der Waals surface area contributed by atoms with Crippen molar-refractivity contribution in [1.29, 1.82) is 0 Å². The van der Waals surface area contributed by atoms with E-state index in [-0.39, 0.29) is 0 Å². The van der Waals surface area contributed by atoms with Crippen molar-refractivity contribution in [3.8, 4) is 0 Å². The summed E-state index contributed by atoms with van der Waals surface area (Å²) in [5.41, 5.74) is 2.95. The molecule has 1 aliphatic carbocycles. The second-order valence-electron chi connectivity index (χ2n) is 5.87. The third kappa shape index (κ3) is 5.33. The Morgan fingerprint density at radius 2 is 1.89 bits per heavy atom. The molecule has 1 aromatic rings. The van der Waals surface area contributed by atoms with E-state index in [2.05, 4.69) is 48.5 Å². The minimum absolute atomic E-state index is 0.787. The molecular formula is C17H28N2. The van der Waals surface area contributed by atoms with Gasteiger partial charge in [0.25, 0.3) is 0 Å². The fourth-order valence-electron chi connectivity index (χ4n) is 2.43. The predicted octanol–water partition coefficient (Wildman–Crippen LogP) is 3.56. The van der Waals surface area contributed by atoms with Gasteiger partial charge in [0, 0.05) is 19.1 Å². The van der Waals surface area contributed by atoms with E-state index in [1.165, 1.54) is 49.8 Å². The van der Waals surface area contributed by atoms with Crippen LogP contribution in [0.3, 0.4) is 0 Å². The van der Waals surface area contributed by atoms with Crippen molar-refractivity contribution >= 4 is 0 Å². The summed E-state index contributed by atoms with van der Waals surface area (Å²) < 4.78 is 0. The normalized spacial score (nSPS) is 15.1. The molecule has 19 heavy (non-hydrogen) atoms. The number of hydrogen-bond donors (Lipinski definition) is 1. The van der Waals surface area contributed by atoms with E-state index < -0.39 is 0 Å². The lowest BCUT2D eigenvalue weighted by molar-refractivity contribution is 0.317. The molecule has 0 aromatic heterocycles. The van der Waals surface area contributed by atoms with Crippen LogP contribution < -0.4 is 5.32 Å². The lowest BCUT2D eigenvalue weighted by Crippen LogP contribution is -2.22. The van der Waals surface area contributed by atoms with Crippen molar-refractivity contribution < 1.29 is 0 Å². The molecule has 1 aromatic carbocycles. The molecule has 1 saturated carbocycles. The first kappa shape index (κ1) is 14.5. The molecule has 2 nitrogen and oxygen atoms in total. The quantitative estimate of drug-likeness (QED) is 0.683. The highest BCUT2D eigenvalue weighted by molar-refractivity contribution is 5.27. The largest absolute Gasteiger partial charge is 0.310 e. The van der Waals surface area contributed by atoms with Crippen molar-refractivity contribution in [3.05, 3.63) is 35.4 Å². The van der Waals surface area contributed by atoms with Crippen LogP contribution in [0.5, 0.6) is 0 Å². The maximum atomic E-state index is 3.62. The summed E-state index contributed by atoms with van der Waals surface area (Å²) >= 11 is 0. The molecule has 0 saturated heterocycles. The summed E-state index contributed by atoms with van der Waals surface area (Å²) in [7, 11) is 2.24. The maximum Gasteiger partial charge on any atom is 0.0233 e. The second kappa shape index (κ2) is 7.66. The number of rotatable bonds is 9. The van der Waals surface area contributed by atoms with Crippen LogP contribution in [0.2, 0.25) is 0 Å². The molecule has 0 heterocycles. The van der Waals surface area contributed by atoms with Gasteiger partial charge in [0.15, 0.2) is 0 Å². The van der Waals surface area contributed by atoms with Gasteiger partial charge in [-0.1, -0.05) is 44.0 Å². The SMILES string of the molecule is CCCCCN(C)Cc1ccccc1CNC1CC1. The van der Waals surface area contributed by atoms with Gasteiger partial charge in [0.1, 0.15) is 0 Å². The summed E-state index contributed by atoms with van der Waals surface area (Å²) in [4.78, 5) is 2.45. The van der Waals surface area contributed by atoms with Crippen LogP contribution in [0.15, 0.2) is 24.3 Å². The highest BCUT2D eigenvalue weighted by Crippen LogP contribution is 2.20. The fraction of sp³-hybridized carbons (Fsp3) is 0.647. The molecule has 1 N–H and O–H groups in total. The molecule has 1 aliphatic rings. The monoisotopic (exact) mass is 260 g/mol. The summed E-state index contributed by atoms with van der Waals surface area (Å²) in [6, 6.07) is 9.65. The summed E-state index contributed by atoms with van der Waals surface area (Å²) in [5, 5.41) is 3.62. The number of hydrogen-bond acceptors (Lipinski definition) is 2. The van der Waals surface area contributed by atoms with Crippen LogP contribution >= 0.6 is 0 Å². The Hall–Kier alpha value is -0.860. The van der Waals surface area contributed by atoms with Crippen LogP contribution in [0, 0.1) is 0 Å². The molecule has 0 bridgehead atoms. The van der Waals surface area contributed by atoms with Gasteiger partial charge in [-0.25, -0.2) is 0 Å². The lowest BCUT2D eigenvalue weighted by Gasteiger charge is -2.19. The summed E-state index contributed by atoms with van der Waals surface area (Å²) in [6.07, 6.45) is 6.68. The molecule has 0 amide bonds. The van der Waals surface area contributed by atoms with E-state index >= 15 is 0 Å². The van der Waals surface area contributed by atoms with Gasteiger partial charge in [-0.05, 0) is 44.0 Å². The van der Waals surface area contributed by atoms with E-state index in [1.54, 1.807) is 0 Å². The Morgan fingerprint density at radius 3 is 2.58 bits per heavy atom. The van der Waals surface area contributed by atoms with Gasteiger partial charge in [0.2, 0.25) is 0 Å². The molecule has 106 valence electrons. The van der Waals surface area contributed by atoms with Gasteiger partial charge in [-0.3, -0.25) is 0 Å².